The van der Waals surface area contributed by atoms with Gasteiger partial charge in [-0.3, -0.25) is 14.5 Å². The highest BCUT2D eigenvalue weighted by atomic mass is 19.1. The first-order valence-corrected chi connectivity index (χ1v) is 8.46. The Hall–Kier alpha value is -3.02. The fourth-order valence-corrected chi connectivity index (χ4v) is 3.27. The number of halogens is 1. The third kappa shape index (κ3) is 3.10. The second-order valence-corrected chi connectivity index (χ2v) is 6.28. The number of ketones is 1. The van der Waals surface area contributed by atoms with E-state index in [2.05, 4.69) is 5.32 Å². The lowest BCUT2D eigenvalue weighted by molar-refractivity contribution is -0.131. The fourth-order valence-electron chi connectivity index (χ4n) is 3.27. The van der Waals surface area contributed by atoms with Crippen molar-refractivity contribution in [3.63, 3.8) is 0 Å². The maximum Gasteiger partial charge on any atom is 0.325 e. The number of nitrogens with one attached hydrogen (secondary N) is 1. The third-order valence-electron chi connectivity index (χ3n) is 4.52. The number of rotatable bonds is 6. The van der Waals surface area contributed by atoms with E-state index in [0.717, 1.165) is 11.0 Å². The second-order valence-electron chi connectivity index (χ2n) is 6.28. The average Bonchev–Trinajstić information content (AvgIpc) is 2.88. The third-order valence-corrected chi connectivity index (χ3v) is 4.52. The molecule has 0 saturated carbocycles. The standard InChI is InChI=1S/C20H19FN2O3/c1-2-11-20(15-8-4-3-5-9-15)18(25)23(19(26)22-20)13-17(24)14-7-6-10-16(21)12-14/h3-10,12H,2,11,13H2,1H3,(H,22,26)/t20-/m0/s1. The van der Waals surface area contributed by atoms with E-state index in [4.69, 9.17) is 0 Å². The van der Waals surface area contributed by atoms with Crippen LogP contribution in [0.15, 0.2) is 54.6 Å². The SMILES string of the molecule is CCC[C@@]1(c2ccccc2)NC(=O)N(CC(=O)c2cccc(F)c2)C1=O. The maximum absolute atomic E-state index is 13.3. The molecule has 1 fully saturated rings. The quantitative estimate of drug-likeness (QED) is 0.640. The van der Waals surface area contributed by atoms with Crippen molar-refractivity contribution in [2.75, 3.05) is 6.54 Å². The summed E-state index contributed by atoms with van der Waals surface area (Å²) >= 11 is 0. The molecule has 0 aliphatic carbocycles. The predicted octanol–water partition coefficient (Wildman–Crippen LogP) is 3.26. The maximum atomic E-state index is 13.3. The Morgan fingerprint density at radius 1 is 1.12 bits per heavy atom. The summed E-state index contributed by atoms with van der Waals surface area (Å²) in [6, 6.07) is 13.6. The van der Waals surface area contributed by atoms with Gasteiger partial charge in [0.15, 0.2) is 5.78 Å². The molecule has 5 nitrogen and oxygen atoms in total. The Morgan fingerprint density at radius 3 is 2.50 bits per heavy atom. The number of carbonyl (C=O) groups is 3. The van der Waals surface area contributed by atoms with E-state index in [1.807, 2.05) is 13.0 Å². The van der Waals surface area contributed by atoms with Crippen molar-refractivity contribution < 1.29 is 18.8 Å². The molecular weight excluding hydrogens is 335 g/mol. The summed E-state index contributed by atoms with van der Waals surface area (Å²) in [7, 11) is 0. The van der Waals surface area contributed by atoms with E-state index in [0.29, 0.717) is 18.4 Å². The molecular formula is C20H19FN2O3. The summed E-state index contributed by atoms with van der Waals surface area (Å²) in [4.78, 5) is 38.8. The minimum Gasteiger partial charge on any atom is -0.319 e. The molecule has 0 bridgehead atoms. The van der Waals surface area contributed by atoms with Crippen LogP contribution in [0.4, 0.5) is 9.18 Å². The Morgan fingerprint density at radius 2 is 1.85 bits per heavy atom. The normalized spacial score (nSPS) is 19.5. The van der Waals surface area contributed by atoms with Crippen molar-refractivity contribution in [2.45, 2.75) is 25.3 Å². The van der Waals surface area contributed by atoms with Gasteiger partial charge in [-0.15, -0.1) is 0 Å². The summed E-state index contributed by atoms with van der Waals surface area (Å²) in [5.74, 6) is -1.49. The molecule has 2 aromatic rings. The number of urea groups is 1. The zero-order valence-corrected chi connectivity index (χ0v) is 14.4. The van der Waals surface area contributed by atoms with Crippen molar-refractivity contribution in [2.24, 2.45) is 0 Å². The number of benzene rings is 2. The molecule has 26 heavy (non-hydrogen) atoms. The summed E-state index contributed by atoms with van der Waals surface area (Å²) in [5.41, 5.74) is -0.366. The van der Waals surface area contributed by atoms with Crippen molar-refractivity contribution >= 4 is 17.7 Å². The van der Waals surface area contributed by atoms with E-state index in [9.17, 15) is 18.8 Å². The molecule has 1 heterocycles. The van der Waals surface area contributed by atoms with Gasteiger partial charge < -0.3 is 5.32 Å². The lowest BCUT2D eigenvalue weighted by atomic mass is 9.85. The minimum atomic E-state index is -1.17. The first-order valence-electron chi connectivity index (χ1n) is 8.46. The van der Waals surface area contributed by atoms with Gasteiger partial charge in [-0.25, -0.2) is 9.18 Å². The van der Waals surface area contributed by atoms with E-state index in [1.165, 1.54) is 18.2 Å². The smallest absolute Gasteiger partial charge is 0.319 e. The van der Waals surface area contributed by atoms with Crippen molar-refractivity contribution in [1.29, 1.82) is 0 Å². The highest BCUT2D eigenvalue weighted by Crippen LogP contribution is 2.33. The van der Waals surface area contributed by atoms with Crippen LogP contribution < -0.4 is 5.32 Å². The van der Waals surface area contributed by atoms with Crippen molar-refractivity contribution in [3.05, 3.63) is 71.5 Å². The molecule has 2 aromatic carbocycles. The molecule has 1 aliphatic rings. The molecule has 0 aromatic heterocycles. The molecule has 3 amide bonds. The van der Waals surface area contributed by atoms with Crippen LogP contribution in [0.2, 0.25) is 0 Å². The lowest BCUT2D eigenvalue weighted by Crippen LogP contribution is -2.44. The van der Waals surface area contributed by atoms with Crippen LogP contribution in [-0.4, -0.2) is 29.2 Å². The van der Waals surface area contributed by atoms with E-state index < -0.39 is 35.6 Å². The summed E-state index contributed by atoms with van der Waals surface area (Å²) < 4.78 is 13.3. The van der Waals surface area contributed by atoms with Gasteiger partial charge in [-0.05, 0) is 24.1 Å². The number of hydrogen-bond acceptors (Lipinski definition) is 3. The van der Waals surface area contributed by atoms with Crippen LogP contribution >= 0.6 is 0 Å². The molecule has 1 atom stereocenters. The summed E-state index contributed by atoms with van der Waals surface area (Å²) in [5, 5.41) is 2.76. The number of amides is 3. The van der Waals surface area contributed by atoms with Crippen molar-refractivity contribution in [1.82, 2.24) is 10.2 Å². The Labute approximate surface area is 150 Å². The van der Waals surface area contributed by atoms with Gasteiger partial charge in [0.2, 0.25) is 0 Å². The van der Waals surface area contributed by atoms with Crippen LogP contribution in [0.5, 0.6) is 0 Å². The van der Waals surface area contributed by atoms with Crippen LogP contribution in [0.1, 0.15) is 35.7 Å². The average molecular weight is 354 g/mol. The summed E-state index contributed by atoms with van der Waals surface area (Å²) in [6.07, 6.45) is 1.10. The van der Waals surface area contributed by atoms with Crippen LogP contribution in [-0.2, 0) is 10.3 Å². The number of imide groups is 1. The molecule has 1 aliphatic heterocycles. The van der Waals surface area contributed by atoms with Gasteiger partial charge in [0.05, 0.1) is 6.54 Å². The number of carbonyl (C=O) groups excluding carboxylic acids is 3. The molecule has 3 rings (SSSR count). The monoisotopic (exact) mass is 354 g/mol. The van der Waals surface area contributed by atoms with Crippen LogP contribution in [0.3, 0.4) is 0 Å². The minimum absolute atomic E-state index is 0.123. The zero-order valence-electron chi connectivity index (χ0n) is 14.4. The number of Topliss-reactive ketones (excluding diaryl/α,β-unsaturated/α-hetero) is 1. The Kier molecular flexibility index (Phi) is 4.84. The fraction of sp³-hybridized carbons (Fsp3) is 0.250. The highest BCUT2D eigenvalue weighted by molar-refractivity contribution is 6.11. The molecule has 1 saturated heterocycles. The van der Waals surface area contributed by atoms with E-state index >= 15 is 0 Å². The topological polar surface area (TPSA) is 66.5 Å². The van der Waals surface area contributed by atoms with Gasteiger partial charge >= 0.3 is 6.03 Å². The van der Waals surface area contributed by atoms with E-state index in [-0.39, 0.29) is 5.56 Å². The molecule has 134 valence electrons. The van der Waals surface area contributed by atoms with Crippen LogP contribution in [0, 0.1) is 5.82 Å². The first-order chi connectivity index (χ1) is 12.5. The second kappa shape index (κ2) is 7.07. The number of hydrogen-bond donors (Lipinski definition) is 1. The predicted molar refractivity (Wildman–Crippen MR) is 94.0 cm³/mol. The van der Waals surface area contributed by atoms with Gasteiger partial charge in [0.25, 0.3) is 5.91 Å². The first kappa shape index (κ1) is 17.8. The Bertz CT molecular complexity index is 853. The summed E-state index contributed by atoms with van der Waals surface area (Å²) in [6.45, 7) is 1.50. The molecule has 0 unspecified atom stereocenters. The number of nitrogens with zero attached hydrogens (tertiary/aromatic N) is 1. The molecule has 1 N–H and O–H groups in total. The molecule has 0 radical (unpaired) electrons. The van der Waals surface area contributed by atoms with Gasteiger partial charge in [-0.1, -0.05) is 55.8 Å². The molecule has 0 spiro atoms. The highest BCUT2D eigenvalue weighted by Gasteiger charge is 2.52. The van der Waals surface area contributed by atoms with Crippen molar-refractivity contribution in [3.8, 4) is 0 Å². The largest absolute Gasteiger partial charge is 0.325 e. The molecule has 6 heteroatoms. The lowest BCUT2D eigenvalue weighted by Gasteiger charge is -2.26. The zero-order chi connectivity index (χ0) is 18.7. The van der Waals surface area contributed by atoms with Gasteiger partial charge in [0.1, 0.15) is 11.4 Å². The van der Waals surface area contributed by atoms with E-state index in [1.54, 1.807) is 24.3 Å². The van der Waals surface area contributed by atoms with Gasteiger partial charge in [-0.2, -0.15) is 0 Å². The van der Waals surface area contributed by atoms with Gasteiger partial charge in [0, 0.05) is 5.56 Å². The Balaban J connectivity index is 1.89. The van der Waals surface area contributed by atoms with Crippen LogP contribution in [0.25, 0.3) is 0 Å².